The van der Waals surface area contributed by atoms with E-state index >= 15 is 0 Å². The maximum absolute atomic E-state index is 13.1. The van der Waals surface area contributed by atoms with Crippen molar-refractivity contribution in [3.05, 3.63) is 76.2 Å². The molecule has 4 heterocycles. The fourth-order valence-corrected chi connectivity index (χ4v) is 3.79. The van der Waals surface area contributed by atoms with Gasteiger partial charge in [0.1, 0.15) is 0 Å². The molecule has 3 aromatic heterocycles. The molecule has 4 rings (SSSR count). The van der Waals surface area contributed by atoms with Crippen LogP contribution in [-0.2, 0) is 18.3 Å². The summed E-state index contributed by atoms with van der Waals surface area (Å²) in [5.74, 6) is 0.0129. The van der Waals surface area contributed by atoms with Crippen molar-refractivity contribution in [2.75, 3.05) is 12.3 Å². The van der Waals surface area contributed by atoms with Crippen LogP contribution < -0.4 is 17.0 Å². The van der Waals surface area contributed by atoms with Crippen LogP contribution in [0.25, 0.3) is 22.3 Å². The summed E-state index contributed by atoms with van der Waals surface area (Å²) in [5.41, 5.74) is 8.39. The molecular weight excluding hydrogens is 396 g/mol. The van der Waals surface area contributed by atoms with Gasteiger partial charge in [-0.05, 0) is 18.9 Å². The number of nitrogens with two attached hydrogens (primary N) is 1. The number of fused-ring (bicyclic) bond motifs is 1. The summed E-state index contributed by atoms with van der Waals surface area (Å²) in [4.78, 5) is 29.6. The minimum absolute atomic E-state index is 0.0129. The Morgan fingerprint density at radius 1 is 1.35 bits per heavy atom. The van der Waals surface area contributed by atoms with Gasteiger partial charge in [0, 0.05) is 37.1 Å². The zero-order valence-corrected chi connectivity index (χ0v) is 17.3. The van der Waals surface area contributed by atoms with Gasteiger partial charge < -0.3 is 15.0 Å². The lowest BCUT2D eigenvalue weighted by Gasteiger charge is -2.13. The minimum atomic E-state index is -0.388. The van der Waals surface area contributed by atoms with Crippen molar-refractivity contribution in [1.82, 2.24) is 23.7 Å². The van der Waals surface area contributed by atoms with Crippen LogP contribution in [0.15, 0.2) is 59.3 Å². The first kappa shape index (κ1) is 20.5. The molecule has 0 aliphatic carbocycles. The van der Waals surface area contributed by atoms with Gasteiger partial charge in [-0.2, -0.15) is 0 Å². The number of ether oxygens (including phenoxy) is 1. The Balaban J connectivity index is 2.04. The minimum Gasteiger partial charge on any atom is -0.376 e. The summed E-state index contributed by atoms with van der Waals surface area (Å²) < 4.78 is 9.77. The van der Waals surface area contributed by atoms with Crippen LogP contribution in [0.1, 0.15) is 18.5 Å². The molecule has 9 heteroatoms. The van der Waals surface area contributed by atoms with E-state index in [0.717, 1.165) is 12.8 Å². The summed E-state index contributed by atoms with van der Waals surface area (Å²) in [6, 6.07) is 3.13. The van der Waals surface area contributed by atoms with Gasteiger partial charge in [0.25, 0.3) is 0 Å². The number of nitrogens with zero attached hydrogens (tertiary/aromatic N) is 5. The van der Waals surface area contributed by atoms with Crippen molar-refractivity contribution in [1.29, 1.82) is 0 Å². The largest absolute Gasteiger partial charge is 0.376 e. The lowest BCUT2D eigenvalue weighted by atomic mass is 10.0. The number of rotatable bonds is 6. The zero-order valence-electron chi connectivity index (χ0n) is 17.3. The van der Waals surface area contributed by atoms with Crippen LogP contribution in [0.3, 0.4) is 0 Å². The van der Waals surface area contributed by atoms with Gasteiger partial charge in [0.15, 0.2) is 5.65 Å². The molecule has 0 saturated carbocycles. The molecule has 9 nitrogen and oxygen atoms in total. The second kappa shape index (κ2) is 8.19. The van der Waals surface area contributed by atoms with Crippen molar-refractivity contribution in [2.45, 2.75) is 25.5 Å². The maximum atomic E-state index is 13.1. The number of aryl methyl sites for hydroxylation is 1. The molecule has 0 aromatic carbocycles. The SMILES string of the molecule is C=C/C=C(\C=C)c1nc(N)n2c(=O)n(CC3CCCO3)nc2c1-c1ccc(=O)n(C)c1. The summed E-state index contributed by atoms with van der Waals surface area (Å²) >= 11 is 0. The lowest BCUT2D eigenvalue weighted by molar-refractivity contribution is 0.0931. The van der Waals surface area contributed by atoms with Gasteiger partial charge in [0.05, 0.1) is 23.9 Å². The van der Waals surface area contributed by atoms with E-state index in [1.165, 1.54) is 19.7 Å². The normalized spacial score (nSPS) is 16.7. The first-order chi connectivity index (χ1) is 14.9. The Labute approximate surface area is 178 Å². The first-order valence-corrected chi connectivity index (χ1v) is 9.97. The average Bonchev–Trinajstić information content (AvgIpc) is 3.37. The molecule has 0 bridgehead atoms. The molecular formula is C22H24N6O3. The number of anilines is 1. The molecule has 1 aliphatic heterocycles. The van der Waals surface area contributed by atoms with E-state index in [0.29, 0.717) is 41.2 Å². The van der Waals surface area contributed by atoms with Gasteiger partial charge in [0.2, 0.25) is 11.5 Å². The van der Waals surface area contributed by atoms with E-state index in [2.05, 4.69) is 23.2 Å². The highest BCUT2D eigenvalue weighted by Gasteiger charge is 2.24. The molecule has 1 aliphatic rings. The number of nitrogen functional groups attached to an aromatic ring is 1. The molecule has 1 fully saturated rings. The molecule has 0 spiro atoms. The third kappa shape index (κ3) is 3.64. The Kier molecular flexibility index (Phi) is 5.43. The summed E-state index contributed by atoms with van der Waals surface area (Å²) in [7, 11) is 1.66. The number of pyridine rings is 1. The molecule has 1 atom stereocenters. The van der Waals surface area contributed by atoms with E-state index in [9.17, 15) is 9.59 Å². The van der Waals surface area contributed by atoms with Crippen LogP contribution in [0.2, 0.25) is 0 Å². The number of hydrogen-bond donors (Lipinski definition) is 1. The molecule has 2 N–H and O–H groups in total. The van der Waals surface area contributed by atoms with Gasteiger partial charge >= 0.3 is 5.69 Å². The number of aromatic nitrogens is 5. The fourth-order valence-electron chi connectivity index (χ4n) is 3.79. The van der Waals surface area contributed by atoms with Gasteiger partial charge in [-0.25, -0.2) is 18.9 Å². The Morgan fingerprint density at radius 2 is 2.16 bits per heavy atom. The van der Waals surface area contributed by atoms with Crippen LogP contribution in [-0.4, -0.2) is 36.4 Å². The zero-order chi connectivity index (χ0) is 22.1. The third-order valence-corrected chi connectivity index (χ3v) is 5.32. The number of hydrogen-bond acceptors (Lipinski definition) is 6. The molecule has 3 aromatic rings. The van der Waals surface area contributed by atoms with Crippen LogP contribution in [0.4, 0.5) is 5.95 Å². The maximum Gasteiger partial charge on any atom is 0.353 e. The second-order valence-corrected chi connectivity index (χ2v) is 7.38. The Morgan fingerprint density at radius 3 is 2.81 bits per heavy atom. The Bertz CT molecular complexity index is 1320. The second-order valence-electron chi connectivity index (χ2n) is 7.38. The standard InChI is InChI=1S/C22H24N6O3/c1-4-7-14(5-2)19-18(15-9-10-17(29)26(3)12-15)20-25-27(13-16-8-6-11-31-16)22(30)28(20)21(23)24-19/h4-5,7,9-10,12,16H,1-2,6,8,11,13H2,3H3,(H2,23,24)/b14-7+. The predicted molar refractivity (Wildman–Crippen MR) is 120 cm³/mol. The van der Waals surface area contributed by atoms with E-state index in [4.69, 9.17) is 10.5 Å². The summed E-state index contributed by atoms with van der Waals surface area (Å²) in [6.07, 6.45) is 8.43. The van der Waals surface area contributed by atoms with Crippen molar-refractivity contribution in [3.8, 4) is 11.1 Å². The molecule has 0 amide bonds. The Hall–Kier alpha value is -3.72. The molecule has 0 radical (unpaired) electrons. The predicted octanol–water partition coefficient (Wildman–Crippen LogP) is 1.77. The monoisotopic (exact) mass is 420 g/mol. The highest BCUT2D eigenvalue weighted by molar-refractivity contribution is 5.91. The van der Waals surface area contributed by atoms with E-state index in [-0.39, 0.29) is 23.3 Å². The van der Waals surface area contributed by atoms with Gasteiger partial charge in [-0.3, -0.25) is 4.79 Å². The highest BCUT2D eigenvalue weighted by atomic mass is 16.5. The van der Waals surface area contributed by atoms with Crippen molar-refractivity contribution < 1.29 is 4.74 Å². The van der Waals surface area contributed by atoms with Crippen LogP contribution in [0, 0.1) is 0 Å². The average molecular weight is 420 g/mol. The molecule has 31 heavy (non-hydrogen) atoms. The van der Waals surface area contributed by atoms with Crippen molar-refractivity contribution in [2.24, 2.45) is 7.05 Å². The molecule has 1 saturated heterocycles. The molecule has 160 valence electrons. The van der Waals surface area contributed by atoms with E-state index in [1.54, 1.807) is 37.5 Å². The van der Waals surface area contributed by atoms with E-state index < -0.39 is 0 Å². The summed E-state index contributed by atoms with van der Waals surface area (Å²) in [6.45, 7) is 8.62. The first-order valence-electron chi connectivity index (χ1n) is 9.97. The van der Waals surface area contributed by atoms with Crippen LogP contribution >= 0.6 is 0 Å². The van der Waals surface area contributed by atoms with Gasteiger partial charge in [-0.15, -0.1) is 5.10 Å². The quantitative estimate of drug-likeness (QED) is 0.609. The topological polar surface area (TPSA) is 109 Å². The highest BCUT2D eigenvalue weighted by Crippen LogP contribution is 2.32. The number of allylic oxidation sites excluding steroid dienone is 4. The summed E-state index contributed by atoms with van der Waals surface area (Å²) in [5, 5.41) is 4.59. The van der Waals surface area contributed by atoms with Gasteiger partial charge in [-0.1, -0.05) is 31.4 Å². The smallest absolute Gasteiger partial charge is 0.353 e. The fraction of sp³-hybridized carbons (Fsp3) is 0.273. The van der Waals surface area contributed by atoms with Crippen molar-refractivity contribution >= 4 is 17.2 Å². The third-order valence-electron chi connectivity index (χ3n) is 5.32. The lowest BCUT2D eigenvalue weighted by Crippen LogP contribution is -2.28. The molecule has 1 unspecified atom stereocenters. The van der Waals surface area contributed by atoms with E-state index in [1.807, 2.05) is 0 Å². The van der Waals surface area contributed by atoms with Crippen LogP contribution in [0.5, 0.6) is 0 Å². The van der Waals surface area contributed by atoms with Crippen molar-refractivity contribution in [3.63, 3.8) is 0 Å².